The third kappa shape index (κ3) is 6.18. The first kappa shape index (κ1) is 20.0. The molecule has 0 fully saturated rings. The highest BCUT2D eigenvalue weighted by Gasteiger charge is 2.13. The molecule has 0 amide bonds. The number of halogens is 1. The lowest BCUT2D eigenvalue weighted by Gasteiger charge is -2.18. The van der Waals surface area contributed by atoms with Crippen LogP contribution in [0.2, 0.25) is 0 Å². The summed E-state index contributed by atoms with van der Waals surface area (Å²) in [4.78, 5) is 4.55. The highest BCUT2D eigenvalue weighted by molar-refractivity contribution is 5.86. The van der Waals surface area contributed by atoms with Gasteiger partial charge < -0.3 is 5.32 Å². The molecule has 1 aliphatic heterocycles. The molecule has 0 aromatic heterocycles. The molecule has 3 heteroatoms. The number of hydrogen-bond acceptors (Lipinski definition) is 2. The van der Waals surface area contributed by atoms with Gasteiger partial charge in [0.15, 0.2) is 0 Å². The van der Waals surface area contributed by atoms with Crippen LogP contribution in [0.3, 0.4) is 0 Å². The summed E-state index contributed by atoms with van der Waals surface area (Å²) >= 11 is 0. The van der Waals surface area contributed by atoms with Crippen LogP contribution in [0.4, 0.5) is 0 Å². The third-order valence-corrected chi connectivity index (χ3v) is 4.66. The maximum absolute atomic E-state index is 4.55. The van der Waals surface area contributed by atoms with Crippen LogP contribution in [-0.4, -0.2) is 18.9 Å². The van der Waals surface area contributed by atoms with Gasteiger partial charge in [-0.2, -0.15) is 0 Å². The predicted octanol–water partition coefficient (Wildman–Crippen LogP) is 5.03. The average Bonchev–Trinajstić information content (AvgIpc) is 2.93. The summed E-state index contributed by atoms with van der Waals surface area (Å²) in [5.41, 5.74) is 6.33. The Balaban J connectivity index is 0.00000264. The number of amidine groups is 1. The molecule has 0 spiro atoms. The Hall–Kier alpha value is -1.02. The normalized spacial score (nSPS) is 14.2. The molecular formula is C20H33ClN2. The number of benzene rings is 1. The lowest BCUT2D eigenvalue weighted by atomic mass is 9.88. The summed E-state index contributed by atoms with van der Waals surface area (Å²) in [5.74, 6) is 1.16. The molecule has 1 aliphatic rings. The Morgan fingerprint density at radius 1 is 1.13 bits per heavy atom. The van der Waals surface area contributed by atoms with Crippen LogP contribution >= 0.6 is 12.4 Å². The number of hydrogen-bond donors (Lipinski definition) is 1. The molecule has 130 valence electrons. The molecule has 0 radical (unpaired) electrons. The summed E-state index contributed by atoms with van der Waals surface area (Å²) in [6, 6.07) is 4.62. The topological polar surface area (TPSA) is 24.4 Å². The van der Waals surface area contributed by atoms with Crippen LogP contribution in [-0.2, 0) is 12.8 Å². The fourth-order valence-electron chi connectivity index (χ4n) is 3.19. The monoisotopic (exact) mass is 336 g/mol. The molecule has 0 saturated carbocycles. The van der Waals surface area contributed by atoms with E-state index in [1.165, 1.54) is 47.9 Å². The summed E-state index contributed by atoms with van der Waals surface area (Å²) in [5, 5.41) is 3.40. The van der Waals surface area contributed by atoms with Gasteiger partial charge in [0.25, 0.3) is 0 Å². The Bertz CT molecular complexity index is 541. The van der Waals surface area contributed by atoms with Crippen molar-refractivity contribution >= 4 is 18.2 Å². The van der Waals surface area contributed by atoms with Crippen molar-refractivity contribution < 1.29 is 0 Å². The summed E-state index contributed by atoms with van der Waals surface area (Å²) in [7, 11) is 0. The SMILES string of the molecule is Cc1ccc(CCCCC(C)(C)C)c(C)c1CC1=NCCN1.Cl. The van der Waals surface area contributed by atoms with Crippen LogP contribution in [0.15, 0.2) is 17.1 Å². The zero-order valence-electron chi connectivity index (χ0n) is 15.5. The summed E-state index contributed by atoms with van der Waals surface area (Å²) < 4.78 is 0. The highest BCUT2D eigenvalue weighted by atomic mass is 35.5. The number of aryl methyl sites for hydroxylation is 2. The van der Waals surface area contributed by atoms with E-state index in [2.05, 4.69) is 57.1 Å². The molecular weight excluding hydrogens is 304 g/mol. The van der Waals surface area contributed by atoms with Crippen LogP contribution in [0.25, 0.3) is 0 Å². The van der Waals surface area contributed by atoms with Crippen LogP contribution in [0.5, 0.6) is 0 Å². The number of nitrogens with one attached hydrogen (secondary N) is 1. The van der Waals surface area contributed by atoms with Gasteiger partial charge in [0.05, 0.1) is 6.54 Å². The molecule has 23 heavy (non-hydrogen) atoms. The van der Waals surface area contributed by atoms with Gasteiger partial charge in [0.2, 0.25) is 0 Å². The second-order valence-electron chi connectivity index (χ2n) is 7.84. The van der Waals surface area contributed by atoms with Crippen molar-refractivity contribution in [1.29, 1.82) is 0 Å². The Morgan fingerprint density at radius 3 is 2.48 bits per heavy atom. The van der Waals surface area contributed by atoms with E-state index in [4.69, 9.17) is 0 Å². The highest BCUT2D eigenvalue weighted by Crippen LogP contribution is 2.24. The minimum atomic E-state index is 0. The van der Waals surface area contributed by atoms with Crippen molar-refractivity contribution in [3.63, 3.8) is 0 Å². The third-order valence-electron chi connectivity index (χ3n) is 4.66. The zero-order valence-corrected chi connectivity index (χ0v) is 16.3. The maximum Gasteiger partial charge on any atom is 0.101 e. The van der Waals surface area contributed by atoms with Crippen molar-refractivity contribution in [2.75, 3.05) is 13.1 Å². The van der Waals surface area contributed by atoms with E-state index in [-0.39, 0.29) is 12.4 Å². The number of aliphatic imine (C=N–C) groups is 1. The van der Waals surface area contributed by atoms with Crippen LogP contribution in [0.1, 0.15) is 62.3 Å². The summed E-state index contributed by atoms with van der Waals surface area (Å²) in [6.45, 7) is 13.4. The molecule has 1 N–H and O–H groups in total. The molecule has 1 aromatic carbocycles. The number of unbranched alkanes of at least 4 members (excludes halogenated alkanes) is 1. The van der Waals surface area contributed by atoms with E-state index in [0.717, 1.165) is 25.3 Å². The van der Waals surface area contributed by atoms with E-state index in [0.29, 0.717) is 5.41 Å². The quantitative estimate of drug-likeness (QED) is 0.724. The molecule has 0 saturated heterocycles. The molecule has 0 atom stereocenters. The fourth-order valence-corrected chi connectivity index (χ4v) is 3.19. The molecule has 0 unspecified atom stereocenters. The van der Waals surface area contributed by atoms with Gasteiger partial charge in [-0.3, -0.25) is 4.99 Å². The molecule has 1 aromatic rings. The Kier molecular flexibility index (Phi) is 7.60. The molecule has 0 aliphatic carbocycles. The Morgan fingerprint density at radius 2 is 1.87 bits per heavy atom. The maximum atomic E-state index is 4.55. The van der Waals surface area contributed by atoms with Gasteiger partial charge in [0.1, 0.15) is 5.84 Å². The minimum absolute atomic E-state index is 0. The number of nitrogens with zero attached hydrogens (tertiary/aromatic N) is 1. The first-order chi connectivity index (χ1) is 10.4. The standard InChI is InChI=1S/C20H32N2.ClH/c1-15-9-10-17(8-6-7-11-20(3,4)5)16(2)18(15)14-19-21-12-13-22-19;/h9-10H,6-8,11-14H2,1-5H3,(H,21,22);1H. The summed E-state index contributed by atoms with van der Waals surface area (Å²) in [6.07, 6.45) is 6.09. The van der Waals surface area contributed by atoms with Crippen molar-refractivity contribution in [1.82, 2.24) is 5.32 Å². The van der Waals surface area contributed by atoms with E-state index < -0.39 is 0 Å². The van der Waals surface area contributed by atoms with E-state index in [1.54, 1.807) is 0 Å². The van der Waals surface area contributed by atoms with Crippen molar-refractivity contribution in [2.45, 2.75) is 66.7 Å². The molecule has 2 rings (SSSR count). The zero-order chi connectivity index (χ0) is 16.2. The first-order valence-electron chi connectivity index (χ1n) is 8.72. The van der Waals surface area contributed by atoms with Crippen LogP contribution < -0.4 is 5.32 Å². The van der Waals surface area contributed by atoms with Crippen molar-refractivity contribution in [3.8, 4) is 0 Å². The lowest BCUT2D eigenvalue weighted by molar-refractivity contribution is 0.360. The van der Waals surface area contributed by atoms with Gasteiger partial charge in [-0.05, 0) is 60.8 Å². The first-order valence-corrected chi connectivity index (χ1v) is 8.72. The van der Waals surface area contributed by atoms with E-state index in [9.17, 15) is 0 Å². The van der Waals surface area contributed by atoms with Gasteiger partial charge in [0, 0.05) is 13.0 Å². The fraction of sp³-hybridized carbons (Fsp3) is 0.650. The van der Waals surface area contributed by atoms with Gasteiger partial charge in [-0.25, -0.2) is 0 Å². The van der Waals surface area contributed by atoms with Gasteiger partial charge >= 0.3 is 0 Å². The van der Waals surface area contributed by atoms with E-state index >= 15 is 0 Å². The van der Waals surface area contributed by atoms with Crippen molar-refractivity contribution in [2.24, 2.45) is 10.4 Å². The number of rotatable bonds is 6. The second kappa shape index (κ2) is 8.73. The second-order valence-corrected chi connectivity index (χ2v) is 7.84. The molecule has 2 nitrogen and oxygen atoms in total. The Labute approximate surface area is 148 Å². The molecule has 1 heterocycles. The molecule has 0 bridgehead atoms. The van der Waals surface area contributed by atoms with Crippen molar-refractivity contribution in [3.05, 3.63) is 34.4 Å². The minimum Gasteiger partial charge on any atom is -0.372 e. The van der Waals surface area contributed by atoms with Crippen LogP contribution in [0, 0.1) is 19.3 Å². The largest absolute Gasteiger partial charge is 0.372 e. The smallest absolute Gasteiger partial charge is 0.101 e. The lowest BCUT2D eigenvalue weighted by Crippen LogP contribution is -2.21. The van der Waals surface area contributed by atoms with Gasteiger partial charge in [-0.1, -0.05) is 39.3 Å². The average molecular weight is 337 g/mol. The predicted molar refractivity (Wildman–Crippen MR) is 104 cm³/mol. The van der Waals surface area contributed by atoms with Gasteiger partial charge in [-0.15, -0.1) is 12.4 Å². The van der Waals surface area contributed by atoms with E-state index in [1.807, 2.05) is 0 Å².